The molecule has 0 amide bonds. The number of aromatic nitrogens is 3. The Morgan fingerprint density at radius 1 is 1.38 bits per heavy atom. The zero-order valence-electron chi connectivity index (χ0n) is 11.6. The standard InChI is InChI=1S/C14H16N4O3/c1-21-11-7-6-10(18-12(11)16-14(15)17-18)8-2-4-9(5-3-8)13(19)20/h2-5,10-11H,6-7H2,1H3,(H2,15,17)(H,19,20). The van der Waals surface area contributed by atoms with E-state index in [1.54, 1.807) is 23.9 Å². The fourth-order valence-corrected chi connectivity index (χ4v) is 2.74. The second-order valence-corrected chi connectivity index (χ2v) is 5.02. The molecular weight excluding hydrogens is 272 g/mol. The molecule has 0 aliphatic carbocycles. The van der Waals surface area contributed by atoms with E-state index < -0.39 is 5.97 Å². The number of anilines is 1. The van der Waals surface area contributed by atoms with Crippen molar-refractivity contribution in [1.29, 1.82) is 0 Å². The van der Waals surface area contributed by atoms with Crippen molar-refractivity contribution < 1.29 is 14.6 Å². The second kappa shape index (κ2) is 5.17. The number of fused-ring (bicyclic) bond motifs is 1. The monoisotopic (exact) mass is 288 g/mol. The van der Waals surface area contributed by atoms with Crippen LogP contribution in [0.15, 0.2) is 24.3 Å². The molecule has 7 nitrogen and oxygen atoms in total. The second-order valence-electron chi connectivity index (χ2n) is 5.02. The van der Waals surface area contributed by atoms with Crippen molar-refractivity contribution in [2.75, 3.05) is 12.8 Å². The lowest BCUT2D eigenvalue weighted by Gasteiger charge is -2.28. The number of hydrogen-bond donors (Lipinski definition) is 2. The smallest absolute Gasteiger partial charge is 0.335 e. The maximum absolute atomic E-state index is 10.9. The van der Waals surface area contributed by atoms with Crippen LogP contribution >= 0.6 is 0 Å². The van der Waals surface area contributed by atoms with Gasteiger partial charge in [0.15, 0.2) is 5.82 Å². The minimum absolute atomic E-state index is 0.000884. The third kappa shape index (κ3) is 2.36. The number of carbonyl (C=O) groups is 1. The first kappa shape index (κ1) is 13.6. The Kier molecular flexibility index (Phi) is 3.34. The lowest BCUT2D eigenvalue weighted by Crippen LogP contribution is -2.24. The Morgan fingerprint density at radius 3 is 2.71 bits per heavy atom. The van der Waals surface area contributed by atoms with Gasteiger partial charge in [-0.1, -0.05) is 12.1 Å². The van der Waals surface area contributed by atoms with Crippen molar-refractivity contribution in [2.45, 2.75) is 25.0 Å². The molecule has 110 valence electrons. The van der Waals surface area contributed by atoms with E-state index in [0.717, 1.165) is 18.4 Å². The van der Waals surface area contributed by atoms with Gasteiger partial charge in [-0.15, -0.1) is 5.10 Å². The van der Waals surface area contributed by atoms with E-state index in [1.165, 1.54) is 0 Å². The van der Waals surface area contributed by atoms with Gasteiger partial charge in [-0.2, -0.15) is 4.98 Å². The van der Waals surface area contributed by atoms with Gasteiger partial charge in [0.1, 0.15) is 6.10 Å². The number of ether oxygens (including phenoxy) is 1. The highest BCUT2D eigenvalue weighted by molar-refractivity contribution is 5.87. The van der Waals surface area contributed by atoms with Gasteiger partial charge in [-0.05, 0) is 30.5 Å². The number of nitrogens with two attached hydrogens (primary N) is 1. The molecular formula is C14H16N4O3. The van der Waals surface area contributed by atoms with Crippen molar-refractivity contribution in [3.63, 3.8) is 0 Å². The summed E-state index contributed by atoms with van der Waals surface area (Å²) in [7, 11) is 1.64. The van der Waals surface area contributed by atoms with Gasteiger partial charge in [0.25, 0.3) is 0 Å². The Labute approximate surface area is 121 Å². The lowest BCUT2D eigenvalue weighted by atomic mass is 9.95. The summed E-state index contributed by atoms with van der Waals surface area (Å²) < 4.78 is 7.19. The van der Waals surface area contributed by atoms with Crippen LogP contribution in [-0.4, -0.2) is 33.0 Å². The number of hydrogen-bond acceptors (Lipinski definition) is 5. The number of rotatable bonds is 3. The molecule has 0 radical (unpaired) electrons. The topological polar surface area (TPSA) is 103 Å². The largest absolute Gasteiger partial charge is 0.478 e. The van der Waals surface area contributed by atoms with Crippen molar-refractivity contribution in [2.24, 2.45) is 0 Å². The summed E-state index contributed by atoms with van der Waals surface area (Å²) in [5.74, 6) is 0.00463. The maximum atomic E-state index is 10.9. The average Bonchev–Trinajstić information content (AvgIpc) is 2.87. The Bertz CT molecular complexity index is 665. The average molecular weight is 288 g/mol. The van der Waals surface area contributed by atoms with Crippen LogP contribution in [0, 0.1) is 0 Å². The Morgan fingerprint density at radius 2 is 2.10 bits per heavy atom. The molecule has 0 fully saturated rings. The Balaban J connectivity index is 1.97. The molecule has 1 aromatic carbocycles. The minimum Gasteiger partial charge on any atom is -0.478 e. The molecule has 0 spiro atoms. The summed E-state index contributed by atoms with van der Waals surface area (Å²) in [5, 5.41) is 13.2. The maximum Gasteiger partial charge on any atom is 0.335 e. The zero-order chi connectivity index (χ0) is 15.0. The zero-order valence-corrected chi connectivity index (χ0v) is 11.6. The number of benzene rings is 1. The SMILES string of the molecule is COC1CCC(c2ccc(C(=O)O)cc2)n2nc(N)nc21. The van der Waals surface area contributed by atoms with Gasteiger partial charge in [0, 0.05) is 7.11 Å². The van der Waals surface area contributed by atoms with Gasteiger partial charge in [0.05, 0.1) is 11.6 Å². The summed E-state index contributed by atoms with van der Waals surface area (Å²) in [6, 6.07) is 6.81. The van der Waals surface area contributed by atoms with Crippen LogP contribution in [0.2, 0.25) is 0 Å². The van der Waals surface area contributed by atoms with Crippen molar-refractivity contribution in [1.82, 2.24) is 14.8 Å². The molecule has 2 heterocycles. The summed E-state index contributed by atoms with van der Waals surface area (Å²) in [6.07, 6.45) is 1.55. The van der Waals surface area contributed by atoms with E-state index in [-0.39, 0.29) is 23.7 Å². The van der Waals surface area contributed by atoms with E-state index in [9.17, 15) is 4.79 Å². The first-order valence-electron chi connectivity index (χ1n) is 6.68. The molecule has 2 atom stereocenters. The molecule has 1 aliphatic rings. The highest BCUT2D eigenvalue weighted by Gasteiger charge is 2.31. The number of nitrogens with zero attached hydrogens (tertiary/aromatic N) is 3. The van der Waals surface area contributed by atoms with Crippen LogP contribution in [0.3, 0.4) is 0 Å². The molecule has 7 heteroatoms. The molecule has 3 rings (SSSR count). The fourth-order valence-electron chi connectivity index (χ4n) is 2.74. The predicted molar refractivity (Wildman–Crippen MR) is 75.0 cm³/mol. The van der Waals surface area contributed by atoms with Crippen LogP contribution in [0.25, 0.3) is 0 Å². The summed E-state index contributed by atoms with van der Waals surface area (Å²) in [5.41, 5.74) is 6.96. The quantitative estimate of drug-likeness (QED) is 0.889. The van der Waals surface area contributed by atoms with Crippen LogP contribution in [-0.2, 0) is 4.74 Å². The predicted octanol–water partition coefficient (Wildman–Crippen LogP) is 1.63. The lowest BCUT2D eigenvalue weighted by molar-refractivity contribution is 0.0649. The van der Waals surface area contributed by atoms with Gasteiger partial charge in [-0.25, -0.2) is 9.48 Å². The number of carboxylic acid groups (broad SMARTS) is 1. The number of carboxylic acids is 1. The molecule has 3 N–H and O–H groups in total. The molecule has 2 aromatic rings. The number of aromatic carboxylic acids is 1. The van der Waals surface area contributed by atoms with Crippen LogP contribution < -0.4 is 5.73 Å². The molecule has 0 saturated carbocycles. The highest BCUT2D eigenvalue weighted by atomic mass is 16.5. The van der Waals surface area contributed by atoms with Crippen LogP contribution in [0.1, 0.15) is 46.7 Å². The summed E-state index contributed by atoms with van der Waals surface area (Å²) in [4.78, 5) is 15.1. The minimum atomic E-state index is -0.935. The summed E-state index contributed by atoms with van der Waals surface area (Å²) >= 11 is 0. The molecule has 1 aromatic heterocycles. The van der Waals surface area contributed by atoms with Crippen LogP contribution in [0.4, 0.5) is 5.95 Å². The number of methoxy groups -OCH3 is 1. The third-order valence-electron chi connectivity index (χ3n) is 3.79. The third-order valence-corrected chi connectivity index (χ3v) is 3.79. The van der Waals surface area contributed by atoms with Gasteiger partial charge in [0.2, 0.25) is 5.95 Å². The van der Waals surface area contributed by atoms with Gasteiger partial charge < -0.3 is 15.6 Å². The first-order chi connectivity index (χ1) is 10.1. The summed E-state index contributed by atoms with van der Waals surface area (Å²) in [6.45, 7) is 0. The highest BCUT2D eigenvalue weighted by Crippen LogP contribution is 2.36. The molecule has 0 bridgehead atoms. The molecule has 1 aliphatic heterocycles. The molecule has 2 unspecified atom stereocenters. The van der Waals surface area contributed by atoms with E-state index in [2.05, 4.69) is 10.1 Å². The van der Waals surface area contributed by atoms with Gasteiger partial charge in [-0.3, -0.25) is 0 Å². The molecule has 0 saturated heterocycles. The van der Waals surface area contributed by atoms with Crippen molar-refractivity contribution in [3.8, 4) is 0 Å². The van der Waals surface area contributed by atoms with E-state index in [4.69, 9.17) is 15.6 Å². The molecule has 21 heavy (non-hydrogen) atoms. The van der Waals surface area contributed by atoms with Gasteiger partial charge >= 0.3 is 5.97 Å². The van der Waals surface area contributed by atoms with E-state index in [1.807, 2.05) is 12.1 Å². The van der Waals surface area contributed by atoms with E-state index >= 15 is 0 Å². The number of nitrogen functional groups attached to an aromatic ring is 1. The Hall–Kier alpha value is -2.41. The van der Waals surface area contributed by atoms with Crippen molar-refractivity contribution in [3.05, 3.63) is 41.2 Å². The first-order valence-corrected chi connectivity index (χ1v) is 6.68. The van der Waals surface area contributed by atoms with Crippen LogP contribution in [0.5, 0.6) is 0 Å². The normalized spacial score (nSPS) is 21.0. The van der Waals surface area contributed by atoms with E-state index in [0.29, 0.717) is 5.82 Å². The van der Waals surface area contributed by atoms with Crippen molar-refractivity contribution >= 4 is 11.9 Å². The fraction of sp³-hybridized carbons (Fsp3) is 0.357.